The van der Waals surface area contributed by atoms with Gasteiger partial charge in [0.1, 0.15) is 10.9 Å². The van der Waals surface area contributed by atoms with Crippen molar-refractivity contribution in [2.45, 2.75) is 10.1 Å². The lowest BCUT2D eigenvalue weighted by Gasteiger charge is -2.17. The Hall–Kier alpha value is -5.00. The van der Waals surface area contributed by atoms with Gasteiger partial charge in [0.25, 0.3) is 11.8 Å². The van der Waals surface area contributed by atoms with Crippen LogP contribution in [0.25, 0.3) is 17.3 Å². The second kappa shape index (κ2) is 15.7. The van der Waals surface area contributed by atoms with Crippen LogP contribution in [-0.4, -0.2) is 22.7 Å². The van der Waals surface area contributed by atoms with E-state index in [9.17, 15) is 14.4 Å². The highest BCUT2D eigenvalue weighted by Crippen LogP contribution is 2.38. The number of thiophene rings is 1. The Bertz CT molecular complexity index is 2050. The molecule has 0 saturated carbocycles. The van der Waals surface area contributed by atoms with Gasteiger partial charge in [0.05, 0.1) is 5.69 Å². The van der Waals surface area contributed by atoms with Crippen molar-refractivity contribution in [2.75, 3.05) is 10.6 Å². The lowest BCUT2D eigenvalue weighted by Crippen LogP contribution is -2.30. The standard InChI is InChI=1S/C37H27ClN4O3S3/c38-28-16-14-25(15-17-28)32-23-47-37(41-32)42-36(45)33(26-8-3-1-4-9-26)48-30-13-7-12-29(21-30)39-35(44)31(20-24-18-19-46-22-24)40-34(43)27-10-5-2-6-11-27/h1-23,33H,(H,39,44)(H,40,43)(H,41,42,45)/b31-20-. The number of thiazole rings is 1. The number of hydrogen-bond donors (Lipinski definition) is 3. The van der Waals surface area contributed by atoms with Crippen molar-refractivity contribution in [3.63, 3.8) is 0 Å². The van der Waals surface area contributed by atoms with E-state index >= 15 is 0 Å². The summed E-state index contributed by atoms with van der Waals surface area (Å²) < 4.78 is 0. The molecule has 7 nitrogen and oxygen atoms in total. The topological polar surface area (TPSA) is 100 Å². The number of amides is 3. The molecular formula is C37H27ClN4O3S3. The van der Waals surface area contributed by atoms with E-state index in [0.717, 1.165) is 27.3 Å². The zero-order chi connectivity index (χ0) is 33.3. The number of carbonyl (C=O) groups is 3. The summed E-state index contributed by atoms with van der Waals surface area (Å²) in [7, 11) is 0. The Morgan fingerprint density at radius 3 is 2.29 bits per heavy atom. The van der Waals surface area contributed by atoms with Crippen molar-refractivity contribution in [3.05, 3.63) is 159 Å². The van der Waals surface area contributed by atoms with Gasteiger partial charge in [0.2, 0.25) is 5.91 Å². The molecule has 4 aromatic carbocycles. The summed E-state index contributed by atoms with van der Waals surface area (Å²) in [5.74, 6) is -1.11. The summed E-state index contributed by atoms with van der Waals surface area (Å²) in [6.45, 7) is 0. The van der Waals surface area contributed by atoms with Crippen LogP contribution in [0.15, 0.2) is 142 Å². The van der Waals surface area contributed by atoms with Gasteiger partial charge in [-0.3, -0.25) is 14.4 Å². The molecule has 0 bridgehead atoms. The first-order chi connectivity index (χ1) is 23.4. The summed E-state index contributed by atoms with van der Waals surface area (Å²) in [4.78, 5) is 45.6. The Labute approximate surface area is 294 Å². The van der Waals surface area contributed by atoms with Gasteiger partial charge in [-0.2, -0.15) is 11.3 Å². The number of anilines is 2. The van der Waals surface area contributed by atoms with Gasteiger partial charge in [0, 0.05) is 32.1 Å². The number of rotatable bonds is 11. The van der Waals surface area contributed by atoms with Crippen molar-refractivity contribution in [1.82, 2.24) is 10.3 Å². The van der Waals surface area contributed by atoms with E-state index in [1.54, 1.807) is 54.6 Å². The maximum atomic E-state index is 13.7. The fourth-order valence-corrected chi connectivity index (χ4v) is 7.15. The van der Waals surface area contributed by atoms with Gasteiger partial charge in [-0.1, -0.05) is 78.3 Å². The molecule has 6 rings (SSSR count). The molecule has 3 amide bonds. The van der Waals surface area contributed by atoms with Crippen molar-refractivity contribution >= 4 is 80.7 Å². The first-order valence-corrected chi connectivity index (χ1v) is 17.7. The fourth-order valence-electron chi connectivity index (χ4n) is 4.60. The third kappa shape index (κ3) is 8.67. The minimum Gasteiger partial charge on any atom is -0.321 e. The second-order valence-electron chi connectivity index (χ2n) is 10.4. The van der Waals surface area contributed by atoms with Crippen LogP contribution in [0.3, 0.4) is 0 Å². The van der Waals surface area contributed by atoms with Crippen molar-refractivity contribution in [2.24, 2.45) is 0 Å². The quantitative estimate of drug-likeness (QED) is 0.0921. The number of nitrogens with one attached hydrogen (secondary N) is 3. The number of halogens is 1. The molecule has 6 aromatic rings. The van der Waals surface area contributed by atoms with Gasteiger partial charge < -0.3 is 16.0 Å². The zero-order valence-electron chi connectivity index (χ0n) is 25.1. The van der Waals surface area contributed by atoms with Crippen LogP contribution in [-0.2, 0) is 9.59 Å². The maximum Gasteiger partial charge on any atom is 0.272 e. The van der Waals surface area contributed by atoms with Crippen LogP contribution in [0.1, 0.15) is 26.7 Å². The molecule has 238 valence electrons. The second-order valence-corrected chi connectivity index (χ2v) is 13.6. The number of aromatic nitrogens is 1. The Morgan fingerprint density at radius 1 is 0.812 bits per heavy atom. The molecule has 0 radical (unpaired) electrons. The summed E-state index contributed by atoms with van der Waals surface area (Å²) in [6.07, 6.45) is 1.64. The first-order valence-electron chi connectivity index (χ1n) is 14.7. The summed E-state index contributed by atoms with van der Waals surface area (Å²) in [5, 5.41) is 14.8. The van der Waals surface area contributed by atoms with E-state index in [0.29, 0.717) is 21.4 Å². The molecule has 1 unspecified atom stereocenters. The largest absolute Gasteiger partial charge is 0.321 e. The molecule has 0 aliphatic carbocycles. The molecule has 0 aliphatic heterocycles. The van der Waals surface area contributed by atoms with E-state index in [1.165, 1.54) is 34.4 Å². The fraction of sp³-hybridized carbons (Fsp3) is 0.0270. The van der Waals surface area contributed by atoms with Crippen LogP contribution < -0.4 is 16.0 Å². The Morgan fingerprint density at radius 2 is 1.56 bits per heavy atom. The Balaban J connectivity index is 1.19. The third-order valence-electron chi connectivity index (χ3n) is 6.94. The third-order valence-corrected chi connectivity index (χ3v) is 9.90. The summed E-state index contributed by atoms with van der Waals surface area (Å²) in [6, 6.07) is 34.7. The number of nitrogens with zero attached hydrogens (tertiary/aromatic N) is 1. The van der Waals surface area contributed by atoms with E-state index in [4.69, 9.17) is 11.6 Å². The van der Waals surface area contributed by atoms with Gasteiger partial charge >= 0.3 is 0 Å². The lowest BCUT2D eigenvalue weighted by molar-refractivity contribution is -0.116. The maximum absolute atomic E-state index is 13.7. The van der Waals surface area contributed by atoms with Gasteiger partial charge in [0.15, 0.2) is 5.13 Å². The zero-order valence-corrected chi connectivity index (χ0v) is 28.3. The number of hydrogen-bond acceptors (Lipinski definition) is 7. The van der Waals surface area contributed by atoms with Crippen LogP contribution >= 0.6 is 46.0 Å². The van der Waals surface area contributed by atoms with Gasteiger partial charge in [-0.05, 0) is 76.5 Å². The van der Waals surface area contributed by atoms with E-state index in [1.807, 2.05) is 82.9 Å². The highest BCUT2D eigenvalue weighted by Gasteiger charge is 2.24. The van der Waals surface area contributed by atoms with Crippen LogP contribution in [0.2, 0.25) is 5.02 Å². The molecule has 2 aromatic heterocycles. The average Bonchev–Trinajstić information content (AvgIpc) is 3.81. The molecule has 0 spiro atoms. The molecule has 2 heterocycles. The van der Waals surface area contributed by atoms with Crippen LogP contribution in [0.5, 0.6) is 0 Å². The van der Waals surface area contributed by atoms with E-state index < -0.39 is 17.1 Å². The number of carbonyl (C=O) groups excluding carboxylic acids is 3. The van der Waals surface area contributed by atoms with E-state index in [-0.39, 0.29) is 11.6 Å². The normalized spacial score (nSPS) is 11.8. The predicted octanol–water partition coefficient (Wildman–Crippen LogP) is 9.41. The minimum absolute atomic E-state index is 0.100. The first kappa shape index (κ1) is 32.9. The van der Waals surface area contributed by atoms with Gasteiger partial charge in [-0.15, -0.1) is 23.1 Å². The molecule has 0 fully saturated rings. The molecule has 11 heteroatoms. The van der Waals surface area contributed by atoms with Crippen LogP contribution in [0, 0.1) is 0 Å². The summed E-state index contributed by atoms with van der Waals surface area (Å²) >= 11 is 10.2. The smallest absolute Gasteiger partial charge is 0.272 e. The highest BCUT2D eigenvalue weighted by atomic mass is 35.5. The molecule has 0 aliphatic rings. The highest BCUT2D eigenvalue weighted by molar-refractivity contribution is 8.00. The monoisotopic (exact) mass is 706 g/mol. The molecule has 48 heavy (non-hydrogen) atoms. The van der Waals surface area contributed by atoms with Crippen molar-refractivity contribution < 1.29 is 14.4 Å². The molecule has 3 N–H and O–H groups in total. The lowest BCUT2D eigenvalue weighted by atomic mass is 10.1. The Kier molecular flexibility index (Phi) is 10.8. The SMILES string of the molecule is O=C(Nc1cccc(SC(C(=O)Nc2nc(-c3ccc(Cl)cc3)cs2)c2ccccc2)c1)/C(=C/c1ccsc1)NC(=O)c1ccccc1. The van der Waals surface area contributed by atoms with E-state index in [2.05, 4.69) is 20.9 Å². The van der Waals surface area contributed by atoms with Crippen molar-refractivity contribution in [3.8, 4) is 11.3 Å². The number of benzene rings is 4. The van der Waals surface area contributed by atoms with Gasteiger partial charge in [-0.25, -0.2) is 4.98 Å². The molecular weight excluding hydrogens is 680 g/mol. The summed E-state index contributed by atoms with van der Waals surface area (Å²) in [5.41, 5.74) is 4.29. The predicted molar refractivity (Wildman–Crippen MR) is 198 cm³/mol. The minimum atomic E-state index is -0.612. The van der Waals surface area contributed by atoms with Crippen molar-refractivity contribution in [1.29, 1.82) is 0 Å². The van der Waals surface area contributed by atoms with Crippen LogP contribution in [0.4, 0.5) is 10.8 Å². The molecule has 1 atom stereocenters. The molecule has 0 saturated heterocycles. The average molecular weight is 707 g/mol. The number of thioether (sulfide) groups is 1.